The predicted molar refractivity (Wildman–Crippen MR) is 131 cm³/mol. The molecule has 0 aromatic heterocycles. The topological polar surface area (TPSA) is 80.9 Å². The van der Waals surface area contributed by atoms with Crippen molar-refractivity contribution in [3.8, 4) is 0 Å². The molecule has 2 aromatic rings. The number of rotatable bonds is 8. The van der Waals surface area contributed by atoms with E-state index < -0.39 is 30.8 Å². The number of aliphatic hydroxyl groups excluding tert-OH is 3. The zero-order valence-electron chi connectivity index (χ0n) is 19.8. The summed E-state index contributed by atoms with van der Waals surface area (Å²) in [6, 6.07) is 15.9. The number of hydrogen-bond acceptors (Lipinski definition) is 4. The van der Waals surface area contributed by atoms with Gasteiger partial charge in [-0.25, -0.2) is 0 Å². The van der Waals surface area contributed by atoms with Gasteiger partial charge in [0.1, 0.15) is 5.60 Å². The van der Waals surface area contributed by atoms with Gasteiger partial charge in [0.05, 0.1) is 25.2 Å². The van der Waals surface area contributed by atoms with Crippen molar-refractivity contribution >= 4 is 0 Å². The molecule has 0 unspecified atom stereocenters. The lowest BCUT2D eigenvalue weighted by Gasteiger charge is -2.48. The highest BCUT2D eigenvalue weighted by molar-refractivity contribution is 5.49. The Balaban J connectivity index is 1.95. The molecule has 0 saturated heterocycles. The zero-order chi connectivity index (χ0) is 23.3. The van der Waals surface area contributed by atoms with Gasteiger partial charge in [-0.2, -0.15) is 0 Å². The smallest absolute Gasteiger partial charge is 0.127 e. The van der Waals surface area contributed by atoms with Crippen LogP contribution >= 0.6 is 0 Å². The Morgan fingerprint density at radius 1 is 0.576 bits per heavy atom. The molecule has 0 spiro atoms. The molecular formula is C29H40O4. The minimum atomic E-state index is -1.71. The molecule has 4 rings (SSSR count). The molecule has 2 fully saturated rings. The summed E-state index contributed by atoms with van der Waals surface area (Å²) in [5.74, 6) is 0.661. The molecule has 4 heteroatoms. The van der Waals surface area contributed by atoms with Gasteiger partial charge in [-0.05, 0) is 59.8 Å². The van der Waals surface area contributed by atoms with Crippen LogP contribution in [0.5, 0.6) is 0 Å². The summed E-state index contributed by atoms with van der Waals surface area (Å²) >= 11 is 0. The highest BCUT2D eigenvalue weighted by Crippen LogP contribution is 2.51. The van der Waals surface area contributed by atoms with E-state index in [1.807, 2.05) is 36.4 Å². The van der Waals surface area contributed by atoms with E-state index in [1.165, 1.54) is 38.5 Å². The average Bonchev–Trinajstić information content (AvgIpc) is 2.91. The van der Waals surface area contributed by atoms with E-state index in [0.29, 0.717) is 11.8 Å². The van der Waals surface area contributed by atoms with Crippen molar-refractivity contribution in [2.24, 2.45) is 5.41 Å². The van der Waals surface area contributed by atoms with Crippen molar-refractivity contribution in [3.63, 3.8) is 0 Å². The molecule has 4 nitrogen and oxygen atoms in total. The Kier molecular flexibility index (Phi) is 7.91. The first-order chi connectivity index (χ1) is 16.1. The molecule has 0 bridgehead atoms. The normalized spacial score (nSPS) is 19.0. The summed E-state index contributed by atoms with van der Waals surface area (Å²) in [4.78, 5) is 0. The average molecular weight is 453 g/mol. The Labute approximate surface area is 198 Å². The highest BCUT2D eigenvalue weighted by Gasteiger charge is 2.54. The van der Waals surface area contributed by atoms with Crippen LogP contribution in [-0.2, 0) is 5.60 Å². The molecule has 2 saturated carbocycles. The number of aliphatic hydroxyl groups is 4. The summed E-state index contributed by atoms with van der Waals surface area (Å²) in [5, 5.41) is 44.5. The second-order valence-corrected chi connectivity index (χ2v) is 10.3. The zero-order valence-corrected chi connectivity index (χ0v) is 19.8. The lowest BCUT2D eigenvalue weighted by Crippen LogP contribution is -2.55. The fourth-order valence-corrected chi connectivity index (χ4v) is 6.40. The van der Waals surface area contributed by atoms with Gasteiger partial charge in [0.25, 0.3) is 0 Å². The first kappa shape index (κ1) is 24.4. The van der Waals surface area contributed by atoms with Gasteiger partial charge in [0.2, 0.25) is 0 Å². The van der Waals surface area contributed by atoms with Crippen LogP contribution < -0.4 is 0 Å². The van der Waals surface area contributed by atoms with Gasteiger partial charge in [0, 0.05) is 0 Å². The van der Waals surface area contributed by atoms with Gasteiger partial charge in [0.15, 0.2) is 0 Å². The number of benzene rings is 2. The van der Waals surface area contributed by atoms with Crippen LogP contribution in [0.2, 0.25) is 0 Å². The van der Waals surface area contributed by atoms with E-state index in [0.717, 1.165) is 47.9 Å². The van der Waals surface area contributed by atoms with Crippen molar-refractivity contribution in [1.29, 1.82) is 0 Å². The first-order valence-electron chi connectivity index (χ1n) is 12.8. The molecule has 2 aliphatic rings. The fourth-order valence-electron chi connectivity index (χ4n) is 6.40. The van der Waals surface area contributed by atoms with Gasteiger partial charge >= 0.3 is 0 Å². The van der Waals surface area contributed by atoms with Crippen LogP contribution in [0, 0.1) is 5.41 Å². The van der Waals surface area contributed by atoms with Crippen molar-refractivity contribution in [2.75, 3.05) is 19.8 Å². The lowest BCUT2D eigenvalue weighted by molar-refractivity contribution is -0.137. The molecule has 4 N–H and O–H groups in total. The van der Waals surface area contributed by atoms with E-state index in [-0.39, 0.29) is 0 Å². The highest BCUT2D eigenvalue weighted by atomic mass is 16.3. The van der Waals surface area contributed by atoms with Crippen LogP contribution in [0.4, 0.5) is 0 Å². The van der Waals surface area contributed by atoms with Crippen LogP contribution in [-0.4, -0.2) is 40.2 Å². The van der Waals surface area contributed by atoms with Crippen molar-refractivity contribution < 1.29 is 20.4 Å². The van der Waals surface area contributed by atoms with Gasteiger partial charge in [-0.1, -0.05) is 87.1 Å². The maximum atomic E-state index is 12.8. The molecule has 33 heavy (non-hydrogen) atoms. The minimum Gasteiger partial charge on any atom is -0.395 e. The van der Waals surface area contributed by atoms with Crippen LogP contribution in [0.25, 0.3) is 0 Å². The summed E-state index contributed by atoms with van der Waals surface area (Å²) in [5.41, 5.74) is 0.376. The molecule has 0 heterocycles. The van der Waals surface area contributed by atoms with Crippen LogP contribution in [0.15, 0.2) is 48.5 Å². The second-order valence-electron chi connectivity index (χ2n) is 10.3. The standard InChI is InChI=1S/C29H40O4/c30-19-28(20-31,21-32)29(33,26-17-9-7-15-24(26)22-11-3-1-4-12-22)27-18-10-8-16-25(27)23-13-5-2-6-14-23/h7-10,15-18,22-23,30-33H,1-6,11-14,19-21H2. The van der Waals surface area contributed by atoms with E-state index in [1.54, 1.807) is 0 Å². The van der Waals surface area contributed by atoms with E-state index in [2.05, 4.69) is 12.1 Å². The van der Waals surface area contributed by atoms with Gasteiger partial charge < -0.3 is 20.4 Å². The molecule has 2 aliphatic carbocycles. The molecule has 0 amide bonds. The SMILES string of the molecule is OCC(CO)(CO)C(O)(c1ccccc1C1CCCCC1)c1ccccc1C1CCCCC1. The Morgan fingerprint density at radius 2 is 0.939 bits per heavy atom. The van der Waals surface area contributed by atoms with Crippen molar-refractivity contribution in [2.45, 2.75) is 81.6 Å². The van der Waals surface area contributed by atoms with Crippen LogP contribution in [0.3, 0.4) is 0 Å². The van der Waals surface area contributed by atoms with Crippen LogP contribution in [0.1, 0.15) is 98.3 Å². The molecule has 2 aromatic carbocycles. The largest absolute Gasteiger partial charge is 0.395 e. The quantitative estimate of drug-likeness (QED) is 0.455. The van der Waals surface area contributed by atoms with Crippen molar-refractivity contribution in [1.82, 2.24) is 0 Å². The van der Waals surface area contributed by atoms with E-state index >= 15 is 0 Å². The fraction of sp³-hybridized carbons (Fsp3) is 0.586. The molecular weight excluding hydrogens is 412 g/mol. The molecule has 180 valence electrons. The lowest BCUT2D eigenvalue weighted by atomic mass is 9.61. The third-order valence-electron chi connectivity index (χ3n) is 8.47. The summed E-state index contributed by atoms with van der Waals surface area (Å²) < 4.78 is 0. The maximum Gasteiger partial charge on any atom is 0.127 e. The van der Waals surface area contributed by atoms with E-state index in [9.17, 15) is 20.4 Å². The molecule has 0 aliphatic heterocycles. The van der Waals surface area contributed by atoms with E-state index in [4.69, 9.17) is 0 Å². The molecule has 0 atom stereocenters. The monoisotopic (exact) mass is 452 g/mol. The Hall–Kier alpha value is -1.72. The summed E-state index contributed by atoms with van der Waals surface area (Å²) in [7, 11) is 0. The first-order valence-corrected chi connectivity index (χ1v) is 12.8. The van der Waals surface area contributed by atoms with Gasteiger partial charge in [-0.3, -0.25) is 0 Å². The summed E-state index contributed by atoms with van der Waals surface area (Å²) in [6.07, 6.45) is 11.4. The Morgan fingerprint density at radius 3 is 1.30 bits per heavy atom. The maximum absolute atomic E-state index is 12.8. The third-order valence-corrected chi connectivity index (χ3v) is 8.47. The third kappa shape index (κ3) is 4.39. The van der Waals surface area contributed by atoms with Crippen molar-refractivity contribution in [3.05, 3.63) is 70.8 Å². The second kappa shape index (κ2) is 10.7. The van der Waals surface area contributed by atoms with Gasteiger partial charge in [-0.15, -0.1) is 0 Å². The molecule has 0 radical (unpaired) electrons. The predicted octanol–water partition coefficient (Wildman–Crippen LogP) is 4.98. The number of hydrogen-bond donors (Lipinski definition) is 4. The Bertz CT molecular complexity index is 822. The minimum absolute atomic E-state index is 0.331. The summed E-state index contributed by atoms with van der Waals surface area (Å²) in [6.45, 7) is -1.56.